The molecule has 2 aromatic heterocycles. The number of nitrogens with one attached hydrogen (secondary N) is 1. The van der Waals surface area contributed by atoms with E-state index in [1.54, 1.807) is 48.7 Å². The summed E-state index contributed by atoms with van der Waals surface area (Å²) in [5.74, 6) is -6.50. The van der Waals surface area contributed by atoms with Gasteiger partial charge in [0.05, 0.1) is 52.8 Å². The van der Waals surface area contributed by atoms with E-state index in [2.05, 4.69) is 10.3 Å². The molecular formula is C56H88FN5O17. The highest BCUT2D eigenvalue weighted by Crippen LogP contribution is 2.44. The number of carbonyl (C=O) groups excluding carboxylic acids is 3. The number of ether oxygens (including phenoxy) is 10. The fourth-order valence-electron chi connectivity index (χ4n) is 12.3. The Hall–Kier alpha value is -4.43. The van der Waals surface area contributed by atoms with Crippen LogP contribution in [0.5, 0.6) is 0 Å². The Balaban J connectivity index is 1.20. The third kappa shape index (κ3) is 13.7. The Kier molecular flexibility index (Phi) is 21.2. The van der Waals surface area contributed by atoms with Crippen LogP contribution < -0.4 is 10.7 Å². The normalized spacial score (nSPS) is 36.9. The second-order valence-corrected chi connectivity index (χ2v) is 23.1. The Bertz CT molecular complexity index is 2520. The molecule has 18 atom stereocenters. The van der Waals surface area contributed by atoms with Crippen LogP contribution in [0.15, 0.2) is 17.1 Å². The van der Waals surface area contributed by atoms with Crippen molar-refractivity contribution >= 4 is 40.7 Å². The first-order chi connectivity index (χ1) is 37.1. The summed E-state index contributed by atoms with van der Waals surface area (Å²) in [7, 11) is 8.78. The smallest absolute Gasteiger partial charge is 0.477 e. The minimum absolute atomic E-state index is 0.0568. The summed E-state index contributed by atoms with van der Waals surface area (Å²) in [6, 6.07) is 0.694. The van der Waals surface area contributed by atoms with E-state index in [9.17, 15) is 34.2 Å². The number of carboxylic acid groups (broad SMARTS) is 1. The molecule has 4 fully saturated rings. The van der Waals surface area contributed by atoms with E-state index in [4.69, 9.17) is 47.4 Å². The van der Waals surface area contributed by atoms with Crippen LogP contribution in [0.4, 0.5) is 15.0 Å². The first-order valence-electron chi connectivity index (χ1n) is 27.8. The highest BCUT2D eigenvalue weighted by Gasteiger charge is 2.60. The molecule has 23 heteroatoms. The lowest BCUT2D eigenvalue weighted by molar-refractivity contribution is -0.322. The molecule has 4 saturated heterocycles. The second-order valence-electron chi connectivity index (χ2n) is 23.1. The molecule has 0 aromatic carbocycles. The lowest BCUT2D eigenvalue weighted by Gasteiger charge is -2.50. The minimum Gasteiger partial charge on any atom is -0.477 e. The summed E-state index contributed by atoms with van der Waals surface area (Å²) < 4.78 is 80.8. The van der Waals surface area contributed by atoms with Crippen LogP contribution in [0.2, 0.25) is 0 Å². The predicted molar refractivity (Wildman–Crippen MR) is 287 cm³/mol. The van der Waals surface area contributed by atoms with Crippen molar-refractivity contribution in [1.29, 1.82) is 0 Å². The molecule has 6 rings (SSSR count). The number of hydrogen-bond donors (Lipinski definition) is 3. The number of aliphatic hydroxyl groups excluding tert-OH is 1. The third-order valence-corrected chi connectivity index (χ3v) is 17.0. The molecular weight excluding hydrogens is 1030 g/mol. The minimum atomic E-state index is -1.52. The number of aromatic carboxylic acids is 1. The number of esters is 1. The summed E-state index contributed by atoms with van der Waals surface area (Å²) in [6.07, 6.45) is -6.98. The number of hydrogen-bond acceptors (Lipinski definition) is 20. The quantitative estimate of drug-likeness (QED) is 0.114. The lowest BCUT2D eigenvalue weighted by Crippen LogP contribution is -2.61. The number of Topliss-reactive ketones (excluding diaryl/α,β-unsaturated/α-hetero) is 1. The molecule has 79 heavy (non-hydrogen) atoms. The van der Waals surface area contributed by atoms with Crippen LogP contribution in [0.1, 0.15) is 119 Å². The van der Waals surface area contributed by atoms with Gasteiger partial charge in [-0.3, -0.25) is 14.4 Å². The van der Waals surface area contributed by atoms with Crippen molar-refractivity contribution in [3.63, 3.8) is 0 Å². The number of cyclic esters (lactones) is 1. The van der Waals surface area contributed by atoms with Crippen LogP contribution in [0, 0.1) is 29.5 Å². The molecule has 4 aliphatic heterocycles. The van der Waals surface area contributed by atoms with Gasteiger partial charge in [0.15, 0.2) is 35.9 Å². The second kappa shape index (κ2) is 26.2. The number of carbonyl (C=O) groups is 4. The Morgan fingerprint density at radius 1 is 0.924 bits per heavy atom. The zero-order chi connectivity index (χ0) is 58.6. The highest BCUT2D eigenvalue weighted by atomic mass is 19.1. The standard InChI is InChI=1S/C56H88FN5O17/c1-17-39-56(11)46(78-53(69)79-56)31(5)41(63)29(3)26-54(9,70-15)45(77-52-43(65)38(60(12)13)24-30(4)73-52)32(6)44(33(7)51(68)75-39)76-40-27-55(10,71-16)47(34(8)74-40)72-23-19-21-61(14)22-20-58-48-37(57)25-35-42(64)36(50(66)67)28-62(18-2)49(35)59-48/h25,28-34,38-40,43-47,52,65H,17-24,26-27H2,1-16H3,(H,58,59)(H,66,67)/t29-,30-,31+,32+,33+,34-,38+,39-,40+,43+,44+,45-,46+,47+,52+,54+,55-,56-/m0/s1. The zero-order valence-electron chi connectivity index (χ0n) is 49.1. The molecule has 0 bridgehead atoms. The number of carboxylic acids is 1. The molecule has 0 saturated carbocycles. The number of nitrogens with zero attached hydrogens (tertiary/aromatic N) is 4. The monoisotopic (exact) mass is 1120 g/mol. The van der Waals surface area contributed by atoms with Crippen molar-refractivity contribution in [3.05, 3.63) is 33.9 Å². The SMILES string of the molecule is CC[C@@H]1OC(=O)[C@H](C)[C@H](O[C@@H]2C[C@](C)(OC)[C@H](OCCCN(C)CCNc3nc4c(cc3F)c(=O)c(C(=O)O)cn4CC)[C@H](C)O2)[C@@H](C)[C@H](O[C@H]2O[C@@H](C)C[C@@H](N(C)C)[C@H]2O)[C@](C)(OC)C[C@H](C)C(=O)[C@@H](C)[C@H]2OC(=O)O[C@@]12C. The van der Waals surface area contributed by atoms with Gasteiger partial charge in [0.25, 0.3) is 0 Å². The van der Waals surface area contributed by atoms with Crippen molar-refractivity contribution in [2.75, 3.05) is 66.9 Å². The molecule has 446 valence electrons. The first-order valence-corrected chi connectivity index (χ1v) is 27.8. The molecule has 0 unspecified atom stereocenters. The maximum absolute atomic E-state index is 15.2. The van der Waals surface area contributed by atoms with Gasteiger partial charge in [-0.2, -0.15) is 0 Å². The molecule has 0 radical (unpaired) electrons. The van der Waals surface area contributed by atoms with Crippen molar-refractivity contribution in [1.82, 2.24) is 19.4 Å². The molecule has 2 aromatic rings. The lowest BCUT2D eigenvalue weighted by atomic mass is 9.74. The van der Waals surface area contributed by atoms with E-state index in [-0.39, 0.29) is 54.0 Å². The van der Waals surface area contributed by atoms with Crippen molar-refractivity contribution in [2.24, 2.45) is 23.7 Å². The topological polar surface area (TPSA) is 254 Å². The third-order valence-electron chi connectivity index (χ3n) is 17.0. The Labute approximate surface area is 463 Å². The van der Waals surface area contributed by atoms with Gasteiger partial charge in [0.2, 0.25) is 5.43 Å². The summed E-state index contributed by atoms with van der Waals surface area (Å²) >= 11 is 0. The summed E-state index contributed by atoms with van der Waals surface area (Å²) in [4.78, 5) is 75.0. The van der Waals surface area contributed by atoms with E-state index < -0.39 is 131 Å². The van der Waals surface area contributed by atoms with Crippen molar-refractivity contribution < 1.29 is 81.2 Å². The number of aliphatic hydroxyl groups is 1. The number of likely N-dealkylation sites (N-methyl/N-ethyl adjacent to an activating group) is 2. The van der Waals surface area contributed by atoms with Gasteiger partial charge < -0.3 is 77.3 Å². The number of methoxy groups -OCH3 is 2. The van der Waals surface area contributed by atoms with E-state index >= 15 is 4.39 Å². The van der Waals surface area contributed by atoms with Gasteiger partial charge in [-0.15, -0.1) is 0 Å². The van der Waals surface area contributed by atoms with Gasteiger partial charge in [-0.1, -0.05) is 27.7 Å². The number of rotatable bonds is 19. The van der Waals surface area contributed by atoms with E-state index in [1.807, 2.05) is 65.6 Å². The van der Waals surface area contributed by atoms with Gasteiger partial charge >= 0.3 is 18.1 Å². The fraction of sp³-hybridized carbons (Fsp3) is 0.786. The van der Waals surface area contributed by atoms with Crippen LogP contribution in [-0.4, -0.2) is 199 Å². The molecule has 22 nitrogen and oxygen atoms in total. The molecule has 3 N–H and O–H groups in total. The van der Waals surface area contributed by atoms with Crippen molar-refractivity contribution in [2.45, 2.75) is 199 Å². The Morgan fingerprint density at radius 2 is 1.59 bits per heavy atom. The number of fused-ring (bicyclic) bond motifs is 2. The van der Waals surface area contributed by atoms with E-state index in [1.165, 1.54) is 17.9 Å². The number of aromatic nitrogens is 2. The molecule has 0 spiro atoms. The zero-order valence-corrected chi connectivity index (χ0v) is 49.1. The number of halogens is 1. The predicted octanol–water partition coefficient (Wildman–Crippen LogP) is 5.65. The van der Waals surface area contributed by atoms with Crippen LogP contribution >= 0.6 is 0 Å². The van der Waals surface area contributed by atoms with Gasteiger partial charge in [0, 0.05) is 77.5 Å². The maximum atomic E-state index is 15.2. The molecule has 0 aliphatic carbocycles. The Morgan fingerprint density at radius 3 is 2.22 bits per heavy atom. The highest BCUT2D eigenvalue weighted by molar-refractivity contribution is 5.92. The average Bonchev–Trinajstić information content (AvgIpc) is 3.72. The van der Waals surface area contributed by atoms with Crippen LogP contribution in [0.25, 0.3) is 11.0 Å². The fourth-order valence-corrected chi connectivity index (χ4v) is 12.3. The summed E-state index contributed by atoms with van der Waals surface area (Å²) in [6.45, 7) is 21.8. The van der Waals surface area contributed by atoms with Gasteiger partial charge in [-0.25, -0.2) is 19.0 Å². The largest absolute Gasteiger partial charge is 0.509 e. The maximum Gasteiger partial charge on any atom is 0.509 e. The molecule has 6 heterocycles. The summed E-state index contributed by atoms with van der Waals surface area (Å²) in [5, 5.41) is 24.2. The van der Waals surface area contributed by atoms with E-state index in [0.717, 1.165) is 6.07 Å². The van der Waals surface area contributed by atoms with Gasteiger partial charge in [-0.05, 0) is 101 Å². The van der Waals surface area contributed by atoms with Crippen LogP contribution in [-0.2, 0) is 63.5 Å². The van der Waals surface area contributed by atoms with Gasteiger partial charge in [0.1, 0.15) is 35.3 Å². The van der Waals surface area contributed by atoms with Crippen molar-refractivity contribution in [3.8, 4) is 0 Å². The summed E-state index contributed by atoms with van der Waals surface area (Å²) in [5.41, 5.74) is -4.86. The first kappa shape index (κ1) is 63.7. The molecule has 0 amide bonds. The number of pyridine rings is 2. The van der Waals surface area contributed by atoms with E-state index in [0.29, 0.717) is 45.6 Å². The number of anilines is 1. The number of aryl methyl sites for hydroxylation is 1. The number of ketones is 1. The molecule has 4 aliphatic rings. The van der Waals surface area contributed by atoms with Crippen LogP contribution in [0.3, 0.4) is 0 Å². The average molecular weight is 1120 g/mol.